The highest BCUT2D eigenvalue weighted by Gasteiger charge is 1.97. The summed E-state index contributed by atoms with van der Waals surface area (Å²) in [6.07, 6.45) is 16.7. The van der Waals surface area contributed by atoms with E-state index in [1.165, 1.54) is 57.8 Å². The highest BCUT2D eigenvalue weighted by molar-refractivity contribution is 4.77. The molecule has 0 saturated carbocycles. The van der Waals surface area contributed by atoms with Crippen LogP contribution in [0.4, 0.5) is 0 Å². The van der Waals surface area contributed by atoms with Crippen molar-refractivity contribution in [2.24, 2.45) is 0 Å². The molecule has 1 heteroatoms. The molecule has 0 fully saturated rings. The van der Waals surface area contributed by atoms with Gasteiger partial charge in [-0.3, -0.25) is 0 Å². The van der Waals surface area contributed by atoms with Crippen LogP contribution in [-0.2, 0) is 0 Å². The summed E-state index contributed by atoms with van der Waals surface area (Å²) in [4.78, 5) is 0. The fourth-order valence-corrected chi connectivity index (χ4v) is 1.93. The fraction of sp³-hybridized carbons (Fsp3) is 0.867. The predicted octanol–water partition coefficient (Wildman–Crippen LogP) is 5.03. The molecule has 1 unspecified atom stereocenters. The van der Waals surface area contributed by atoms with Gasteiger partial charge in [0.1, 0.15) is 0 Å². The van der Waals surface area contributed by atoms with Gasteiger partial charge in [-0.05, 0) is 26.5 Å². The lowest BCUT2D eigenvalue weighted by molar-refractivity contribution is 0.515. The normalized spacial score (nSPS) is 13.2. The van der Waals surface area contributed by atoms with Crippen LogP contribution in [0.5, 0.6) is 0 Å². The molecule has 0 spiro atoms. The van der Waals surface area contributed by atoms with E-state index in [0.717, 1.165) is 0 Å². The summed E-state index contributed by atoms with van der Waals surface area (Å²) in [5, 5.41) is 3.37. The first-order valence-electron chi connectivity index (χ1n) is 7.18. The number of unbranched alkanes of at least 4 members (excludes halogenated alkanes) is 7. The van der Waals surface area contributed by atoms with Gasteiger partial charge in [0.2, 0.25) is 0 Å². The van der Waals surface area contributed by atoms with Crippen molar-refractivity contribution in [2.75, 3.05) is 0 Å². The topological polar surface area (TPSA) is 12.0 Å². The van der Waals surface area contributed by atoms with E-state index in [0.29, 0.717) is 6.04 Å². The standard InChI is InChI=1S/C15H31N/c1-4-6-7-8-9-10-11-12-13-15(3)16-14-5-2/h5,14-16H,4,6-13H2,1-3H3. The molecule has 1 nitrogen and oxygen atoms in total. The zero-order valence-electron chi connectivity index (χ0n) is 11.6. The van der Waals surface area contributed by atoms with Crippen LogP contribution in [0.3, 0.4) is 0 Å². The van der Waals surface area contributed by atoms with E-state index in [9.17, 15) is 0 Å². The third kappa shape index (κ3) is 11.6. The third-order valence-electron chi connectivity index (χ3n) is 3.04. The van der Waals surface area contributed by atoms with Gasteiger partial charge in [0.05, 0.1) is 0 Å². The van der Waals surface area contributed by atoms with Crippen molar-refractivity contribution in [3.63, 3.8) is 0 Å². The van der Waals surface area contributed by atoms with Crippen molar-refractivity contribution >= 4 is 0 Å². The summed E-state index contributed by atoms with van der Waals surface area (Å²) in [6, 6.07) is 0.635. The molecular weight excluding hydrogens is 194 g/mol. The first-order valence-corrected chi connectivity index (χ1v) is 7.18. The molecule has 0 rings (SSSR count). The van der Waals surface area contributed by atoms with Crippen molar-refractivity contribution in [3.8, 4) is 0 Å². The molecule has 1 atom stereocenters. The molecule has 0 radical (unpaired) electrons. The van der Waals surface area contributed by atoms with Crippen LogP contribution in [0.25, 0.3) is 0 Å². The van der Waals surface area contributed by atoms with E-state index in [1.54, 1.807) is 0 Å². The summed E-state index contributed by atoms with van der Waals surface area (Å²) in [5.74, 6) is 0. The summed E-state index contributed by atoms with van der Waals surface area (Å²) in [6.45, 7) is 6.59. The first kappa shape index (κ1) is 15.5. The lowest BCUT2D eigenvalue weighted by atomic mass is 10.1. The number of hydrogen-bond donors (Lipinski definition) is 1. The van der Waals surface area contributed by atoms with Crippen LogP contribution >= 0.6 is 0 Å². The summed E-state index contributed by atoms with van der Waals surface area (Å²) in [5.41, 5.74) is 0. The highest BCUT2D eigenvalue weighted by Crippen LogP contribution is 2.10. The molecule has 0 amide bonds. The molecule has 1 N–H and O–H groups in total. The second-order valence-corrected chi connectivity index (χ2v) is 4.83. The Labute approximate surface area is 103 Å². The summed E-state index contributed by atoms with van der Waals surface area (Å²) >= 11 is 0. The van der Waals surface area contributed by atoms with Gasteiger partial charge >= 0.3 is 0 Å². The maximum absolute atomic E-state index is 3.37. The zero-order chi connectivity index (χ0) is 12.1. The first-order chi connectivity index (χ1) is 7.81. The monoisotopic (exact) mass is 225 g/mol. The van der Waals surface area contributed by atoms with E-state index in [4.69, 9.17) is 0 Å². The third-order valence-corrected chi connectivity index (χ3v) is 3.04. The molecule has 0 aliphatic rings. The maximum atomic E-state index is 3.37. The van der Waals surface area contributed by atoms with Gasteiger partial charge in [0, 0.05) is 6.04 Å². The van der Waals surface area contributed by atoms with Crippen molar-refractivity contribution in [3.05, 3.63) is 12.3 Å². The molecular formula is C15H31N. The van der Waals surface area contributed by atoms with Gasteiger partial charge in [-0.2, -0.15) is 0 Å². The Hall–Kier alpha value is -0.460. The summed E-state index contributed by atoms with van der Waals surface area (Å²) in [7, 11) is 0. The number of nitrogens with one attached hydrogen (secondary N) is 1. The zero-order valence-corrected chi connectivity index (χ0v) is 11.6. The van der Waals surface area contributed by atoms with Gasteiger partial charge in [0.15, 0.2) is 0 Å². The van der Waals surface area contributed by atoms with Crippen LogP contribution in [-0.4, -0.2) is 6.04 Å². The lowest BCUT2D eigenvalue weighted by Crippen LogP contribution is -2.19. The van der Waals surface area contributed by atoms with Crippen LogP contribution in [0.1, 0.15) is 78.6 Å². The van der Waals surface area contributed by atoms with Crippen molar-refractivity contribution in [2.45, 2.75) is 84.6 Å². The highest BCUT2D eigenvalue weighted by atomic mass is 14.9. The Morgan fingerprint density at radius 3 is 2.06 bits per heavy atom. The smallest absolute Gasteiger partial charge is 0.0227 e. The summed E-state index contributed by atoms with van der Waals surface area (Å²) < 4.78 is 0. The number of allylic oxidation sites excluding steroid dienone is 1. The maximum Gasteiger partial charge on any atom is 0.0227 e. The Bertz CT molecular complexity index is 152. The SMILES string of the molecule is CC=CNC(C)CCCCCCCCCC. The minimum Gasteiger partial charge on any atom is -0.389 e. The Balaban J connectivity index is 3.08. The minimum absolute atomic E-state index is 0.635. The molecule has 0 heterocycles. The average molecular weight is 225 g/mol. The van der Waals surface area contributed by atoms with Gasteiger partial charge in [0.25, 0.3) is 0 Å². The molecule has 0 aromatic rings. The van der Waals surface area contributed by atoms with Gasteiger partial charge < -0.3 is 5.32 Å². The van der Waals surface area contributed by atoms with E-state index in [1.807, 2.05) is 0 Å². The average Bonchev–Trinajstić information content (AvgIpc) is 2.30. The van der Waals surface area contributed by atoms with Crippen molar-refractivity contribution < 1.29 is 0 Å². The van der Waals surface area contributed by atoms with Gasteiger partial charge in [-0.15, -0.1) is 0 Å². The second kappa shape index (κ2) is 12.6. The van der Waals surface area contributed by atoms with Gasteiger partial charge in [-0.1, -0.05) is 64.4 Å². The Kier molecular flexibility index (Phi) is 12.2. The van der Waals surface area contributed by atoms with Crippen LogP contribution in [0, 0.1) is 0 Å². The molecule has 0 saturated heterocycles. The fourth-order valence-electron chi connectivity index (χ4n) is 1.93. The lowest BCUT2D eigenvalue weighted by Gasteiger charge is -2.11. The largest absolute Gasteiger partial charge is 0.389 e. The van der Waals surface area contributed by atoms with Crippen LogP contribution < -0.4 is 5.32 Å². The van der Waals surface area contributed by atoms with E-state index >= 15 is 0 Å². The molecule has 16 heavy (non-hydrogen) atoms. The Morgan fingerprint density at radius 1 is 0.938 bits per heavy atom. The Morgan fingerprint density at radius 2 is 1.50 bits per heavy atom. The van der Waals surface area contributed by atoms with Crippen molar-refractivity contribution in [1.82, 2.24) is 5.32 Å². The molecule has 0 aromatic carbocycles. The van der Waals surface area contributed by atoms with Crippen molar-refractivity contribution in [1.29, 1.82) is 0 Å². The number of hydrogen-bond acceptors (Lipinski definition) is 1. The van der Waals surface area contributed by atoms with Gasteiger partial charge in [-0.25, -0.2) is 0 Å². The second-order valence-electron chi connectivity index (χ2n) is 4.83. The predicted molar refractivity (Wildman–Crippen MR) is 74.6 cm³/mol. The van der Waals surface area contributed by atoms with E-state index in [2.05, 4.69) is 38.4 Å². The van der Waals surface area contributed by atoms with Crippen LogP contribution in [0.2, 0.25) is 0 Å². The quantitative estimate of drug-likeness (QED) is 0.486. The molecule has 0 aliphatic carbocycles. The molecule has 0 bridgehead atoms. The number of rotatable bonds is 11. The molecule has 96 valence electrons. The minimum atomic E-state index is 0.635. The molecule has 0 aromatic heterocycles. The van der Waals surface area contributed by atoms with E-state index < -0.39 is 0 Å². The van der Waals surface area contributed by atoms with Crippen LogP contribution in [0.15, 0.2) is 12.3 Å². The molecule has 0 aliphatic heterocycles. The van der Waals surface area contributed by atoms with E-state index in [-0.39, 0.29) is 0 Å².